The zero-order valence-corrected chi connectivity index (χ0v) is 15.4. The number of nitrogens with one attached hydrogen (secondary N) is 1. The number of ether oxygens (including phenoxy) is 2. The number of fused-ring (bicyclic) bond motifs is 1. The van der Waals surface area contributed by atoms with Crippen LogP contribution in [0, 0.1) is 0 Å². The van der Waals surface area contributed by atoms with E-state index in [2.05, 4.69) is 5.32 Å². The maximum atomic E-state index is 12.4. The van der Waals surface area contributed by atoms with Crippen molar-refractivity contribution >= 4 is 27.3 Å². The summed E-state index contributed by atoms with van der Waals surface area (Å²) < 4.78 is 35.8. The van der Waals surface area contributed by atoms with Crippen molar-refractivity contribution in [3.05, 3.63) is 48.0 Å². The number of hydrogen-bond acceptors (Lipinski definition) is 5. The summed E-state index contributed by atoms with van der Waals surface area (Å²) in [6.45, 7) is 1.84. The Morgan fingerprint density at radius 1 is 1.12 bits per heavy atom. The molecule has 2 aromatic carbocycles. The van der Waals surface area contributed by atoms with Gasteiger partial charge in [-0.1, -0.05) is 19.1 Å². The van der Waals surface area contributed by atoms with Crippen molar-refractivity contribution < 1.29 is 22.7 Å². The molecule has 1 amide bonds. The van der Waals surface area contributed by atoms with E-state index in [-0.39, 0.29) is 13.3 Å². The Morgan fingerprint density at radius 3 is 2.46 bits per heavy atom. The number of hydrogen-bond donors (Lipinski definition) is 1. The third kappa shape index (κ3) is 4.08. The summed E-state index contributed by atoms with van der Waals surface area (Å²) >= 11 is 0. The molecule has 0 radical (unpaired) electrons. The van der Waals surface area contributed by atoms with E-state index < -0.39 is 15.9 Å². The molecule has 0 atom stereocenters. The van der Waals surface area contributed by atoms with Crippen molar-refractivity contribution in [3.63, 3.8) is 0 Å². The molecular weight excluding hydrogens is 356 g/mol. The molecule has 0 aliphatic carbocycles. The molecule has 1 aliphatic rings. The summed E-state index contributed by atoms with van der Waals surface area (Å²) in [6.07, 6.45) is 1.93. The van der Waals surface area contributed by atoms with Crippen LogP contribution in [0.2, 0.25) is 0 Å². The van der Waals surface area contributed by atoms with Crippen molar-refractivity contribution in [3.8, 4) is 11.5 Å². The molecule has 1 heterocycles. The predicted molar refractivity (Wildman–Crippen MR) is 99.2 cm³/mol. The lowest BCUT2D eigenvalue weighted by Crippen LogP contribution is -2.37. The Balaban J connectivity index is 1.75. The number of sulfonamides is 1. The van der Waals surface area contributed by atoms with Gasteiger partial charge in [-0.25, -0.2) is 8.42 Å². The highest BCUT2D eigenvalue weighted by Gasteiger charge is 2.21. The first-order valence-electron chi connectivity index (χ1n) is 8.13. The van der Waals surface area contributed by atoms with Crippen LogP contribution < -0.4 is 19.1 Å². The SMILES string of the molecule is CCc1ccc(N(CC(=O)Nc2ccc3c(c2)OCO3)S(C)(=O)=O)cc1. The summed E-state index contributed by atoms with van der Waals surface area (Å²) in [5, 5.41) is 2.69. The molecule has 8 heteroatoms. The van der Waals surface area contributed by atoms with E-state index >= 15 is 0 Å². The van der Waals surface area contributed by atoms with Gasteiger partial charge in [0.2, 0.25) is 22.7 Å². The molecule has 138 valence electrons. The number of amides is 1. The molecule has 0 saturated heterocycles. The van der Waals surface area contributed by atoms with Crippen LogP contribution >= 0.6 is 0 Å². The Morgan fingerprint density at radius 2 is 1.81 bits per heavy atom. The van der Waals surface area contributed by atoms with E-state index in [1.165, 1.54) is 0 Å². The van der Waals surface area contributed by atoms with Crippen molar-refractivity contribution in [2.24, 2.45) is 0 Å². The standard InChI is InChI=1S/C18H20N2O5S/c1-3-13-4-7-15(8-5-13)20(26(2,22)23)11-18(21)19-14-6-9-16-17(10-14)25-12-24-16/h4-10H,3,11-12H2,1-2H3,(H,19,21). The van der Waals surface area contributed by atoms with Gasteiger partial charge < -0.3 is 14.8 Å². The number of carbonyl (C=O) groups is 1. The molecule has 0 unspecified atom stereocenters. The molecule has 1 N–H and O–H groups in total. The minimum Gasteiger partial charge on any atom is -0.454 e. The summed E-state index contributed by atoms with van der Waals surface area (Å²) in [7, 11) is -3.61. The van der Waals surface area contributed by atoms with Gasteiger partial charge in [-0.3, -0.25) is 9.10 Å². The Bertz CT molecular complexity index is 910. The number of anilines is 2. The lowest BCUT2D eigenvalue weighted by Gasteiger charge is -2.22. The van der Waals surface area contributed by atoms with Crippen molar-refractivity contribution in [1.82, 2.24) is 0 Å². The average Bonchev–Trinajstić information content (AvgIpc) is 3.06. The average molecular weight is 376 g/mol. The molecule has 7 nitrogen and oxygen atoms in total. The van der Waals surface area contributed by atoms with Gasteiger partial charge in [0.15, 0.2) is 11.5 Å². The van der Waals surface area contributed by atoms with Crippen LogP contribution in [0.25, 0.3) is 0 Å². The van der Waals surface area contributed by atoms with E-state index in [9.17, 15) is 13.2 Å². The Hall–Kier alpha value is -2.74. The second-order valence-corrected chi connectivity index (χ2v) is 7.81. The zero-order chi connectivity index (χ0) is 18.7. The molecule has 0 saturated carbocycles. The first-order chi connectivity index (χ1) is 12.4. The second-order valence-electron chi connectivity index (χ2n) is 5.91. The highest BCUT2D eigenvalue weighted by atomic mass is 32.2. The normalized spacial score (nSPS) is 12.7. The summed E-state index contributed by atoms with van der Waals surface area (Å²) in [4.78, 5) is 12.4. The van der Waals surface area contributed by atoms with Crippen LogP contribution in [0.4, 0.5) is 11.4 Å². The smallest absolute Gasteiger partial charge is 0.245 e. The molecule has 26 heavy (non-hydrogen) atoms. The number of benzene rings is 2. The van der Waals surface area contributed by atoms with Gasteiger partial charge in [-0.15, -0.1) is 0 Å². The maximum Gasteiger partial charge on any atom is 0.245 e. The molecule has 0 spiro atoms. The first-order valence-corrected chi connectivity index (χ1v) is 9.98. The number of carbonyl (C=O) groups excluding carboxylic acids is 1. The highest BCUT2D eigenvalue weighted by Crippen LogP contribution is 2.34. The molecule has 0 bridgehead atoms. The first kappa shape index (κ1) is 18.1. The topological polar surface area (TPSA) is 84.9 Å². The lowest BCUT2D eigenvalue weighted by molar-refractivity contribution is -0.114. The second kappa shape index (κ2) is 7.25. The quantitative estimate of drug-likeness (QED) is 0.837. The van der Waals surface area contributed by atoms with E-state index in [1.54, 1.807) is 30.3 Å². The molecular formula is C18H20N2O5S. The van der Waals surface area contributed by atoms with Crippen LogP contribution in [0.1, 0.15) is 12.5 Å². The fraction of sp³-hybridized carbons (Fsp3) is 0.278. The molecule has 0 aromatic heterocycles. The fourth-order valence-corrected chi connectivity index (χ4v) is 3.46. The molecule has 0 fully saturated rings. The van der Waals surface area contributed by atoms with Gasteiger partial charge in [0, 0.05) is 11.8 Å². The Kier molecular flexibility index (Phi) is 5.03. The monoisotopic (exact) mass is 376 g/mol. The van der Waals surface area contributed by atoms with Gasteiger partial charge >= 0.3 is 0 Å². The number of rotatable bonds is 6. The van der Waals surface area contributed by atoms with Crippen molar-refractivity contribution in [1.29, 1.82) is 0 Å². The van der Waals surface area contributed by atoms with E-state index in [4.69, 9.17) is 9.47 Å². The van der Waals surface area contributed by atoms with Gasteiger partial charge in [0.05, 0.1) is 11.9 Å². The van der Waals surface area contributed by atoms with Gasteiger partial charge in [-0.05, 0) is 36.2 Å². The van der Waals surface area contributed by atoms with Crippen LogP contribution in [-0.2, 0) is 21.2 Å². The highest BCUT2D eigenvalue weighted by molar-refractivity contribution is 7.92. The number of nitrogens with zero attached hydrogens (tertiary/aromatic N) is 1. The summed E-state index contributed by atoms with van der Waals surface area (Å²) in [6, 6.07) is 12.1. The lowest BCUT2D eigenvalue weighted by atomic mass is 10.1. The number of aryl methyl sites for hydroxylation is 1. The van der Waals surface area contributed by atoms with Gasteiger partial charge in [-0.2, -0.15) is 0 Å². The van der Waals surface area contributed by atoms with Gasteiger partial charge in [0.25, 0.3) is 0 Å². The van der Waals surface area contributed by atoms with E-state index in [0.717, 1.165) is 22.5 Å². The minimum absolute atomic E-state index is 0.141. The molecule has 3 rings (SSSR count). The minimum atomic E-state index is -3.61. The third-order valence-corrected chi connectivity index (χ3v) is 5.12. The van der Waals surface area contributed by atoms with Crippen LogP contribution in [0.3, 0.4) is 0 Å². The molecule has 1 aliphatic heterocycles. The van der Waals surface area contributed by atoms with Crippen LogP contribution in [-0.4, -0.2) is 33.9 Å². The Labute approximate surface area is 152 Å². The summed E-state index contributed by atoms with van der Waals surface area (Å²) in [5.41, 5.74) is 2.05. The predicted octanol–water partition coefficient (Wildman–Crippen LogP) is 2.38. The van der Waals surface area contributed by atoms with Gasteiger partial charge in [0.1, 0.15) is 6.54 Å². The van der Waals surface area contributed by atoms with E-state index in [1.807, 2.05) is 19.1 Å². The van der Waals surface area contributed by atoms with Crippen LogP contribution in [0.15, 0.2) is 42.5 Å². The van der Waals surface area contributed by atoms with Crippen LogP contribution in [0.5, 0.6) is 11.5 Å². The molecule has 2 aromatic rings. The van der Waals surface area contributed by atoms with Crippen molar-refractivity contribution in [2.45, 2.75) is 13.3 Å². The summed E-state index contributed by atoms with van der Waals surface area (Å²) in [5.74, 6) is 0.698. The maximum absolute atomic E-state index is 12.4. The zero-order valence-electron chi connectivity index (χ0n) is 14.6. The largest absolute Gasteiger partial charge is 0.454 e. The van der Waals surface area contributed by atoms with E-state index in [0.29, 0.717) is 22.9 Å². The fourth-order valence-electron chi connectivity index (χ4n) is 2.60. The third-order valence-electron chi connectivity index (χ3n) is 3.98. The van der Waals surface area contributed by atoms with Crippen molar-refractivity contribution in [2.75, 3.05) is 29.2 Å².